The lowest BCUT2D eigenvalue weighted by Crippen LogP contribution is -2.46. The molecule has 1 amide bonds. The van der Waals surface area contributed by atoms with Gasteiger partial charge in [0, 0.05) is 12.2 Å². The molecule has 1 aliphatic rings. The average Bonchev–Trinajstić information content (AvgIpc) is 2.70. The second-order valence-electron chi connectivity index (χ2n) is 4.64. The van der Waals surface area contributed by atoms with Crippen LogP contribution >= 0.6 is 0 Å². The van der Waals surface area contributed by atoms with Crippen molar-refractivity contribution in [3.63, 3.8) is 0 Å². The number of anilines is 1. The van der Waals surface area contributed by atoms with E-state index in [0.29, 0.717) is 0 Å². The van der Waals surface area contributed by atoms with Crippen LogP contribution < -0.4 is 10.6 Å². The van der Waals surface area contributed by atoms with Gasteiger partial charge in [-0.1, -0.05) is 32.0 Å². The zero-order valence-electron chi connectivity index (χ0n) is 9.81. The Morgan fingerprint density at radius 3 is 2.75 bits per heavy atom. The molecular formula is C13H18N2O. The van der Waals surface area contributed by atoms with Crippen molar-refractivity contribution in [2.75, 3.05) is 11.4 Å². The molecule has 0 spiro atoms. The molecule has 0 aromatic heterocycles. The first kappa shape index (κ1) is 11.1. The van der Waals surface area contributed by atoms with Crippen LogP contribution in [0, 0.1) is 5.92 Å². The summed E-state index contributed by atoms with van der Waals surface area (Å²) in [6, 6.07) is 7.64. The first-order valence-corrected chi connectivity index (χ1v) is 5.76. The largest absolute Gasteiger partial charge is 0.320 e. The normalized spacial score (nSPS) is 16.4. The van der Waals surface area contributed by atoms with Crippen LogP contribution in [0.4, 0.5) is 5.69 Å². The Hall–Kier alpha value is -1.35. The van der Waals surface area contributed by atoms with E-state index in [1.165, 1.54) is 5.56 Å². The van der Waals surface area contributed by atoms with Crippen molar-refractivity contribution in [3.05, 3.63) is 29.8 Å². The number of hydrogen-bond donors (Lipinski definition) is 1. The van der Waals surface area contributed by atoms with E-state index in [1.807, 2.05) is 36.9 Å². The van der Waals surface area contributed by atoms with Gasteiger partial charge < -0.3 is 10.6 Å². The van der Waals surface area contributed by atoms with Gasteiger partial charge in [-0.3, -0.25) is 4.79 Å². The van der Waals surface area contributed by atoms with Gasteiger partial charge in [-0.25, -0.2) is 0 Å². The van der Waals surface area contributed by atoms with Crippen LogP contribution in [0.1, 0.15) is 19.4 Å². The van der Waals surface area contributed by atoms with Crippen molar-refractivity contribution in [2.45, 2.75) is 26.3 Å². The van der Waals surface area contributed by atoms with Gasteiger partial charge in [0.25, 0.3) is 0 Å². The number of benzene rings is 1. The molecule has 3 nitrogen and oxygen atoms in total. The highest BCUT2D eigenvalue weighted by molar-refractivity contribution is 5.98. The zero-order valence-corrected chi connectivity index (χ0v) is 9.81. The summed E-state index contributed by atoms with van der Waals surface area (Å²) < 4.78 is 0. The third kappa shape index (κ3) is 1.83. The molecule has 0 saturated heterocycles. The standard InChI is InChI=1S/C13H18N2O/c1-9(2)12(14)13(16)15-8-7-10-5-3-4-6-11(10)15/h3-6,9,12H,7-8,14H2,1-2H3/t12-/m1/s1. The molecule has 0 saturated carbocycles. The van der Waals surface area contributed by atoms with Gasteiger partial charge >= 0.3 is 0 Å². The predicted molar refractivity (Wildman–Crippen MR) is 65.3 cm³/mol. The third-order valence-corrected chi connectivity index (χ3v) is 3.16. The Labute approximate surface area is 96.2 Å². The number of nitrogens with two attached hydrogens (primary N) is 1. The number of carbonyl (C=O) groups is 1. The number of rotatable bonds is 2. The van der Waals surface area contributed by atoms with E-state index in [-0.39, 0.29) is 11.8 Å². The summed E-state index contributed by atoms with van der Waals surface area (Å²) in [6.07, 6.45) is 0.937. The molecule has 1 aromatic carbocycles. The minimum atomic E-state index is -0.397. The van der Waals surface area contributed by atoms with Crippen molar-refractivity contribution < 1.29 is 4.79 Å². The Balaban J connectivity index is 2.22. The molecule has 2 rings (SSSR count). The fourth-order valence-corrected chi connectivity index (χ4v) is 2.03. The molecule has 1 atom stereocenters. The zero-order chi connectivity index (χ0) is 11.7. The molecule has 1 aliphatic heterocycles. The van der Waals surface area contributed by atoms with E-state index in [4.69, 9.17) is 5.73 Å². The van der Waals surface area contributed by atoms with Gasteiger partial charge in [-0.05, 0) is 24.0 Å². The van der Waals surface area contributed by atoms with Crippen LogP contribution in [0.25, 0.3) is 0 Å². The van der Waals surface area contributed by atoms with Gasteiger partial charge in [0.2, 0.25) is 5.91 Å². The molecule has 3 heteroatoms. The van der Waals surface area contributed by atoms with Crippen LogP contribution in [-0.2, 0) is 11.2 Å². The van der Waals surface area contributed by atoms with Crippen molar-refractivity contribution in [1.82, 2.24) is 0 Å². The van der Waals surface area contributed by atoms with Crippen molar-refractivity contribution >= 4 is 11.6 Å². The second kappa shape index (κ2) is 4.26. The molecule has 0 radical (unpaired) electrons. The lowest BCUT2D eigenvalue weighted by molar-refractivity contribution is -0.120. The molecule has 0 bridgehead atoms. The van der Waals surface area contributed by atoms with E-state index in [2.05, 4.69) is 6.07 Å². The Morgan fingerprint density at radius 1 is 1.38 bits per heavy atom. The molecule has 1 aromatic rings. The van der Waals surface area contributed by atoms with E-state index in [9.17, 15) is 4.79 Å². The SMILES string of the molecule is CC(C)[C@@H](N)C(=O)N1CCc2ccccc21. The predicted octanol–water partition coefficient (Wildman–Crippen LogP) is 1.56. The summed E-state index contributed by atoms with van der Waals surface area (Å²) in [7, 11) is 0. The van der Waals surface area contributed by atoms with E-state index >= 15 is 0 Å². The molecule has 2 N–H and O–H groups in total. The van der Waals surface area contributed by atoms with Crippen LogP contribution in [0.15, 0.2) is 24.3 Å². The summed E-state index contributed by atoms with van der Waals surface area (Å²) in [4.78, 5) is 14.0. The highest BCUT2D eigenvalue weighted by Crippen LogP contribution is 2.28. The molecule has 0 fully saturated rings. The Morgan fingerprint density at radius 2 is 2.06 bits per heavy atom. The monoisotopic (exact) mass is 218 g/mol. The Kier molecular flexibility index (Phi) is 2.97. The second-order valence-corrected chi connectivity index (χ2v) is 4.64. The van der Waals surface area contributed by atoms with Crippen LogP contribution in [0.2, 0.25) is 0 Å². The summed E-state index contributed by atoms with van der Waals surface area (Å²) in [5, 5.41) is 0. The lowest BCUT2D eigenvalue weighted by atomic mass is 10.0. The van der Waals surface area contributed by atoms with E-state index < -0.39 is 6.04 Å². The minimum absolute atomic E-state index is 0.0416. The smallest absolute Gasteiger partial charge is 0.244 e. The van der Waals surface area contributed by atoms with Crippen molar-refractivity contribution in [1.29, 1.82) is 0 Å². The molecule has 16 heavy (non-hydrogen) atoms. The maximum absolute atomic E-state index is 12.2. The van der Waals surface area contributed by atoms with Gasteiger partial charge in [-0.2, -0.15) is 0 Å². The summed E-state index contributed by atoms with van der Waals surface area (Å²) in [5.41, 5.74) is 8.18. The maximum Gasteiger partial charge on any atom is 0.244 e. The highest BCUT2D eigenvalue weighted by Gasteiger charge is 2.29. The van der Waals surface area contributed by atoms with Gasteiger partial charge in [-0.15, -0.1) is 0 Å². The number of nitrogens with zero attached hydrogens (tertiary/aromatic N) is 1. The lowest BCUT2D eigenvalue weighted by Gasteiger charge is -2.23. The number of hydrogen-bond acceptors (Lipinski definition) is 2. The van der Waals surface area contributed by atoms with Crippen LogP contribution in [-0.4, -0.2) is 18.5 Å². The van der Waals surface area contributed by atoms with Crippen molar-refractivity contribution in [3.8, 4) is 0 Å². The minimum Gasteiger partial charge on any atom is -0.320 e. The topological polar surface area (TPSA) is 46.3 Å². The molecule has 1 heterocycles. The van der Waals surface area contributed by atoms with Crippen LogP contribution in [0.3, 0.4) is 0 Å². The van der Waals surface area contributed by atoms with Crippen molar-refractivity contribution in [2.24, 2.45) is 11.7 Å². The number of fused-ring (bicyclic) bond motifs is 1. The first-order valence-electron chi connectivity index (χ1n) is 5.76. The molecule has 86 valence electrons. The quantitative estimate of drug-likeness (QED) is 0.818. The molecule has 0 aliphatic carbocycles. The fourth-order valence-electron chi connectivity index (χ4n) is 2.03. The molecular weight excluding hydrogens is 200 g/mol. The highest BCUT2D eigenvalue weighted by atomic mass is 16.2. The van der Waals surface area contributed by atoms with Gasteiger partial charge in [0.1, 0.15) is 0 Å². The van der Waals surface area contributed by atoms with E-state index in [0.717, 1.165) is 18.7 Å². The van der Waals surface area contributed by atoms with Gasteiger partial charge in [0.05, 0.1) is 6.04 Å². The number of carbonyl (C=O) groups excluding carboxylic acids is 1. The summed E-state index contributed by atoms with van der Waals surface area (Å²) in [6.45, 7) is 4.72. The third-order valence-electron chi connectivity index (χ3n) is 3.16. The maximum atomic E-state index is 12.2. The first-order chi connectivity index (χ1) is 7.61. The van der Waals surface area contributed by atoms with Crippen LogP contribution in [0.5, 0.6) is 0 Å². The number of para-hydroxylation sites is 1. The number of amides is 1. The summed E-state index contributed by atoms with van der Waals surface area (Å²) in [5.74, 6) is 0.222. The van der Waals surface area contributed by atoms with E-state index in [1.54, 1.807) is 0 Å². The Bertz CT molecular complexity index is 401. The average molecular weight is 218 g/mol. The molecule has 0 unspecified atom stereocenters. The van der Waals surface area contributed by atoms with Gasteiger partial charge in [0.15, 0.2) is 0 Å². The fraction of sp³-hybridized carbons (Fsp3) is 0.462. The summed E-state index contributed by atoms with van der Waals surface area (Å²) >= 11 is 0.